The second-order valence-electron chi connectivity index (χ2n) is 4.40. The maximum atomic E-state index is 11.6. The van der Waals surface area contributed by atoms with E-state index in [-0.39, 0.29) is 12.5 Å². The fraction of sp³-hybridized carbons (Fsp3) is 0.286. The van der Waals surface area contributed by atoms with Crippen molar-refractivity contribution < 1.29 is 19.4 Å². The first-order valence-corrected chi connectivity index (χ1v) is 6.19. The van der Waals surface area contributed by atoms with Gasteiger partial charge < -0.3 is 19.7 Å². The monoisotopic (exact) mass is 276 g/mol. The largest absolute Gasteiger partial charge is 0.480 e. The molecule has 2 N–H and O–H groups in total. The molecule has 1 amide bonds. The van der Waals surface area contributed by atoms with E-state index in [4.69, 9.17) is 9.84 Å². The van der Waals surface area contributed by atoms with E-state index in [2.05, 4.69) is 5.32 Å². The van der Waals surface area contributed by atoms with E-state index in [9.17, 15) is 9.59 Å². The number of benzene rings is 1. The van der Waals surface area contributed by atoms with Crippen LogP contribution in [0.1, 0.15) is 6.42 Å². The summed E-state index contributed by atoms with van der Waals surface area (Å²) in [5, 5.41) is 12.5. The van der Waals surface area contributed by atoms with Crippen LogP contribution in [0.25, 0.3) is 10.9 Å². The van der Waals surface area contributed by atoms with E-state index in [1.807, 2.05) is 12.1 Å². The molecule has 0 saturated heterocycles. The number of ether oxygens (including phenoxy) is 1. The molecule has 0 unspecified atom stereocenters. The molecule has 1 aromatic heterocycles. The average Bonchev–Trinajstić information content (AvgIpc) is 2.78. The van der Waals surface area contributed by atoms with Crippen LogP contribution in [0.3, 0.4) is 0 Å². The lowest BCUT2D eigenvalue weighted by atomic mass is 10.2. The van der Waals surface area contributed by atoms with Crippen molar-refractivity contribution in [1.82, 2.24) is 4.57 Å². The summed E-state index contributed by atoms with van der Waals surface area (Å²) >= 11 is 0. The molecule has 0 radical (unpaired) electrons. The van der Waals surface area contributed by atoms with Crippen LogP contribution < -0.4 is 5.32 Å². The maximum Gasteiger partial charge on any atom is 0.323 e. The standard InChI is InChI=1S/C14H16N2O4/c1-20-7-5-13(17)15-11-2-3-12-10(8-11)4-6-16(12)9-14(18)19/h2-4,6,8H,5,7,9H2,1H3,(H,15,17)(H,18,19). The molecular weight excluding hydrogens is 260 g/mol. The lowest BCUT2D eigenvalue weighted by molar-refractivity contribution is -0.137. The Morgan fingerprint density at radius 3 is 2.85 bits per heavy atom. The van der Waals surface area contributed by atoms with Gasteiger partial charge in [-0.25, -0.2) is 0 Å². The number of rotatable bonds is 6. The van der Waals surface area contributed by atoms with Crippen molar-refractivity contribution in [2.45, 2.75) is 13.0 Å². The zero-order valence-electron chi connectivity index (χ0n) is 11.1. The molecule has 106 valence electrons. The second kappa shape index (κ2) is 6.21. The van der Waals surface area contributed by atoms with Gasteiger partial charge in [-0.3, -0.25) is 9.59 Å². The third-order valence-corrected chi connectivity index (χ3v) is 2.89. The van der Waals surface area contributed by atoms with Gasteiger partial charge in [0.15, 0.2) is 0 Å². The minimum atomic E-state index is -0.889. The number of carboxylic acid groups (broad SMARTS) is 1. The van der Waals surface area contributed by atoms with Crippen molar-refractivity contribution in [3.8, 4) is 0 Å². The fourth-order valence-corrected chi connectivity index (χ4v) is 1.98. The number of hydrogen-bond donors (Lipinski definition) is 2. The molecule has 2 rings (SSSR count). The molecule has 0 aliphatic heterocycles. The van der Waals surface area contributed by atoms with Crippen molar-refractivity contribution in [3.63, 3.8) is 0 Å². The van der Waals surface area contributed by atoms with E-state index in [1.54, 1.807) is 30.0 Å². The van der Waals surface area contributed by atoms with E-state index in [0.717, 1.165) is 10.9 Å². The summed E-state index contributed by atoms with van der Waals surface area (Å²) in [5.74, 6) is -1.00. The minimum absolute atomic E-state index is 0.0803. The first kappa shape index (κ1) is 14.1. The summed E-state index contributed by atoms with van der Waals surface area (Å²) in [6.45, 7) is 0.298. The molecule has 1 aromatic carbocycles. The lowest BCUT2D eigenvalue weighted by Gasteiger charge is -2.06. The van der Waals surface area contributed by atoms with Gasteiger partial charge in [0.2, 0.25) is 5.91 Å². The van der Waals surface area contributed by atoms with Gasteiger partial charge in [-0.15, -0.1) is 0 Å². The Morgan fingerprint density at radius 2 is 2.15 bits per heavy atom. The molecular formula is C14H16N2O4. The Balaban J connectivity index is 2.14. The molecule has 0 bridgehead atoms. The Kier molecular flexibility index (Phi) is 4.37. The van der Waals surface area contributed by atoms with Gasteiger partial charge in [0.05, 0.1) is 13.0 Å². The molecule has 0 fully saturated rings. The number of carboxylic acids is 1. The normalized spacial score (nSPS) is 10.7. The van der Waals surface area contributed by atoms with Gasteiger partial charge in [0, 0.05) is 29.9 Å². The second-order valence-corrected chi connectivity index (χ2v) is 4.40. The summed E-state index contributed by atoms with van der Waals surface area (Å²) in [6, 6.07) is 7.19. The van der Waals surface area contributed by atoms with Gasteiger partial charge in [0.25, 0.3) is 0 Å². The van der Waals surface area contributed by atoms with E-state index >= 15 is 0 Å². The summed E-state index contributed by atoms with van der Waals surface area (Å²) in [4.78, 5) is 22.3. The minimum Gasteiger partial charge on any atom is -0.480 e. The van der Waals surface area contributed by atoms with E-state index in [1.165, 1.54) is 0 Å². The van der Waals surface area contributed by atoms with Crippen LogP contribution in [-0.2, 0) is 20.9 Å². The lowest BCUT2D eigenvalue weighted by Crippen LogP contribution is -2.13. The SMILES string of the molecule is COCCC(=O)Nc1ccc2c(ccn2CC(=O)O)c1. The van der Waals surface area contributed by atoms with Crippen LogP contribution in [0.4, 0.5) is 5.69 Å². The fourth-order valence-electron chi connectivity index (χ4n) is 1.98. The van der Waals surface area contributed by atoms with Crippen molar-refractivity contribution in [3.05, 3.63) is 30.5 Å². The number of nitrogens with one attached hydrogen (secondary N) is 1. The highest BCUT2D eigenvalue weighted by Crippen LogP contribution is 2.20. The molecule has 0 saturated carbocycles. The summed E-state index contributed by atoms with van der Waals surface area (Å²) in [6.07, 6.45) is 2.02. The van der Waals surface area contributed by atoms with Crippen LogP contribution in [-0.4, -0.2) is 35.3 Å². The summed E-state index contributed by atoms with van der Waals surface area (Å²) < 4.78 is 6.49. The molecule has 6 heteroatoms. The number of carbonyl (C=O) groups is 2. The first-order valence-electron chi connectivity index (χ1n) is 6.19. The van der Waals surface area contributed by atoms with Crippen molar-refractivity contribution in [1.29, 1.82) is 0 Å². The topological polar surface area (TPSA) is 80.6 Å². The van der Waals surface area contributed by atoms with Gasteiger partial charge >= 0.3 is 5.97 Å². The van der Waals surface area contributed by atoms with Crippen LogP contribution in [0.15, 0.2) is 30.5 Å². The number of carbonyl (C=O) groups excluding carboxylic acids is 1. The number of aliphatic carboxylic acids is 1. The third-order valence-electron chi connectivity index (χ3n) is 2.89. The predicted octanol–water partition coefficient (Wildman–Crippen LogP) is 1.70. The molecule has 2 aromatic rings. The number of anilines is 1. The summed E-state index contributed by atoms with van der Waals surface area (Å²) in [5.41, 5.74) is 1.51. The van der Waals surface area contributed by atoms with Gasteiger partial charge in [-0.1, -0.05) is 0 Å². The number of amides is 1. The Morgan fingerprint density at radius 1 is 1.35 bits per heavy atom. The number of hydrogen-bond acceptors (Lipinski definition) is 3. The van der Waals surface area contributed by atoms with Gasteiger partial charge in [0.1, 0.15) is 6.54 Å². The first-order chi connectivity index (χ1) is 9.60. The highest BCUT2D eigenvalue weighted by molar-refractivity contribution is 5.94. The molecule has 0 spiro atoms. The average molecular weight is 276 g/mol. The third kappa shape index (κ3) is 3.36. The van der Waals surface area contributed by atoms with Crippen molar-refractivity contribution >= 4 is 28.5 Å². The maximum absolute atomic E-state index is 11.6. The molecule has 1 heterocycles. The molecule has 0 aliphatic carbocycles. The van der Waals surface area contributed by atoms with Crippen molar-refractivity contribution in [2.24, 2.45) is 0 Å². The zero-order chi connectivity index (χ0) is 14.5. The Labute approximate surface area is 116 Å². The quantitative estimate of drug-likeness (QED) is 0.841. The van der Waals surface area contributed by atoms with Gasteiger partial charge in [-0.2, -0.15) is 0 Å². The number of methoxy groups -OCH3 is 1. The molecule has 20 heavy (non-hydrogen) atoms. The Hall–Kier alpha value is -2.34. The number of aromatic nitrogens is 1. The molecule has 6 nitrogen and oxygen atoms in total. The predicted molar refractivity (Wildman–Crippen MR) is 74.7 cm³/mol. The Bertz CT molecular complexity index is 633. The molecule has 0 aliphatic rings. The number of nitrogens with zero attached hydrogens (tertiary/aromatic N) is 1. The van der Waals surface area contributed by atoms with E-state index in [0.29, 0.717) is 18.7 Å². The van der Waals surface area contributed by atoms with Crippen LogP contribution in [0.5, 0.6) is 0 Å². The van der Waals surface area contributed by atoms with E-state index < -0.39 is 5.97 Å². The van der Waals surface area contributed by atoms with Crippen LogP contribution in [0, 0.1) is 0 Å². The van der Waals surface area contributed by atoms with Crippen molar-refractivity contribution in [2.75, 3.05) is 19.0 Å². The summed E-state index contributed by atoms with van der Waals surface area (Å²) in [7, 11) is 1.55. The highest BCUT2D eigenvalue weighted by atomic mass is 16.5. The molecule has 0 atom stereocenters. The van der Waals surface area contributed by atoms with Crippen LogP contribution in [0.2, 0.25) is 0 Å². The zero-order valence-corrected chi connectivity index (χ0v) is 11.1. The van der Waals surface area contributed by atoms with Crippen LogP contribution >= 0.6 is 0 Å². The smallest absolute Gasteiger partial charge is 0.323 e. The van der Waals surface area contributed by atoms with Gasteiger partial charge in [-0.05, 0) is 24.3 Å². The highest BCUT2D eigenvalue weighted by Gasteiger charge is 2.07. The number of fused-ring (bicyclic) bond motifs is 1.